The van der Waals surface area contributed by atoms with E-state index in [9.17, 15) is 9.90 Å². The first-order valence-electron chi connectivity index (χ1n) is 7.81. The largest absolute Gasteiger partial charge is 0.478 e. The van der Waals surface area contributed by atoms with Crippen LogP contribution in [0.3, 0.4) is 0 Å². The summed E-state index contributed by atoms with van der Waals surface area (Å²) >= 11 is 6.07. The number of benzene rings is 2. The molecule has 128 valence electrons. The summed E-state index contributed by atoms with van der Waals surface area (Å²) < 4.78 is 1.63. The van der Waals surface area contributed by atoms with E-state index in [1.54, 1.807) is 23.0 Å². The molecule has 6 nitrogen and oxygen atoms in total. The van der Waals surface area contributed by atoms with Crippen LogP contribution in [0.1, 0.15) is 10.4 Å². The quantitative estimate of drug-likeness (QED) is 0.556. The number of hydrogen-bond acceptors (Lipinski definition) is 4. The average molecular weight is 365 g/mol. The average Bonchev–Trinajstić information content (AvgIpc) is 3.07. The molecular formula is C19H13ClN4O2. The van der Waals surface area contributed by atoms with Crippen molar-refractivity contribution in [2.45, 2.75) is 0 Å². The Morgan fingerprint density at radius 2 is 1.88 bits per heavy atom. The van der Waals surface area contributed by atoms with Gasteiger partial charge in [0.25, 0.3) is 0 Å². The highest BCUT2D eigenvalue weighted by atomic mass is 35.5. The second-order valence-corrected chi connectivity index (χ2v) is 6.05. The number of pyridine rings is 1. The Bertz CT molecular complexity index is 1110. The van der Waals surface area contributed by atoms with Crippen molar-refractivity contribution in [2.24, 2.45) is 0 Å². The second-order valence-electron chi connectivity index (χ2n) is 5.62. The fourth-order valence-electron chi connectivity index (χ4n) is 2.74. The van der Waals surface area contributed by atoms with Crippen LogP contribution >= 0.6 is 11.6 Å². The molecule has 4 aromatic rings. The number of aromatic nitrogens is 3. The minimum absolute atomic E-state index is 0.0759. The summed E-state index contributed by atoms with van der Waals surface area (Å²) in [5.74, 6) is -1.06. The van der Waals surface area contributed by atoms with Crippen molar-refractivity contribution in [2.75, 3.05) is 5.32 Å². The number of aromatic carboxylic acids is 1. The molecule has 2 N–H and O–H groups in total. The minimum atomic E-state index is -1.06. The van der Waals surface area contributed by atoms with Gasteiger partial charge in [0.2, 0.25) is 0 Å². The molecule has 0 spiro atoms. The van der Waals surface area contributed by atoms with Gasteiger partial charge >= 0.3 is 5.97 Å². The van der Waals surface area contributed by atoms with E-state index in [-0.39, 0.29) is 5.56 Å². The van der Waals surface area contributed by atoms with Crippen LogP contribution in [-0.2, 0) is 0 Å². The Hall–Kier alpha value is -3.38. The maximum Gasteiger partial charge on any atom is 0.339 e. The van der Waals surface area contributed by atoms with E-state index >= 15 is 0 Å². The maximum absolute atomic E-state index is 11.7. The van der Waals surface area contributed by atoms with E-state index in [2.05, 4.69) is 15.4 Å². The fourth-order valence-corrected chi connectivity index (χ4v) is 2.92. The lowest BCUT2D eigenvalue weighted by molar-refractivity contribution is 0.0697. The van der Waals surface area contributed by atoms with Crippen LogP contribution < -0.4 is 5.32 Å². The summed E-state index contributed by atoms with van der Waals surface area (Å²) in [6, 6.07) is 16.6. The number of nitrogens with zero attached hydrogens (tertiary/aromatic N) is 3. The summed E-state index contributed by atoms with van der Waals surface area (Å²) in [5.41, 5.74) is 2.58. The van der Waals surface area contributed by atoms with Gasteiger partial charge in [0, 0.05) is 16.9 Å². The number of carbonyl (C=O) groups is 1. The Labute approximate surface area is 153 Å². The maximum atomic E-state index is 11.7. The van der Waals surface area contributed by atoms with Gasteiger partial charge in [0.15, 0.2) is 5.65 Å². The zero-order valence-corrected chi connectivity index (χ0v) is 14.2. The standard InChI is InChI=1S/C19H13ClN4O2/c20-12-5-4-8-14(9-12)24-18-15(11-22-24)17(16(10-21-18)19(25)26)23-13-6-2-1-3-7-13/h1-11H,(H,21,23)(H,25,26). The van der Waals surface area contributed by atoms with Crippen LogP contribution in [-0.4, -0.2) is 25.8 Å². The molecule has 2 heterocycles. The zero-order valence-electron chi connectivity index (χ0n) is 13.4. The van der Waals surface area contributed by atoms with Gasteiger partial charge in [-0.15, -0.1) is 0 Å². The highest BCUT2D eigenvalue weighted by Crippen LogP contribution is 2.30. The Balaban J connectivity index is 1.91. The number of carboxylic acid groups (broad SMARTS) is 1. The molecule has 0 bridgehead atoms. The monoisotopic (exact) mass is 364 g/mol. The van der Waals surface area contributed by atoms with Gasteiger partial charge in [-0.25, -0.2) is 14.5 Å². The van der Waals surface area contributed by atoms with Crippen LogP contribution in [0, 0.1) is 0 Å². The van der Waals surface area contributed by atoms with E-state index in [4.69, 9.17) is 11.6 Å². The summed E-state index contributed by atoms with van der Waals surface area (Å²) in [5, 5.41) is 18.3. The molecular weight excluding hydrogens is 352 g/mol. The van der Waals surface area contributed by atoms with E-state index in [1.807, 2.05) is 42.5 Å². The molecule has 0 saturated heterocycles. The SMILES string of the molecule is O=C(O)c1cnc2c(cnn2-c2cccc(Cl)c2)c1Nc1ccccc1. The van der Waals surface area contributed by atoms with Crippen molar-refractivity contribution < 1.29 is 9.90 Å². The molecule has 0 unspecified atom stereocenters. The summed E-state index contributed by atoms with van der Waals surface area (Å²) in [4.78, 5) is 16.0. The first-order valence-corrected chi connectivity index (χ1v) is 8.19. The van der Waals surface area contributed by atoms with E-state index < -0.39 is 5.97 Å². The summed E-state index contributed by atoms with van der Waals surface area (Å²) in [7, 11) is 0. The van der Waals surface area contributed by atoms with E-state index in [0.29, 0.717) is 21.7 Å². The van der Waals surface area contributed by atoms with Crippen LogP contribution in [0.15, 0.2) is 67.0 Å². The summed E-state index contributed by atoms with van der Waals surface area (Å²) in [6.45, 7) is 0. The smallest absolute Gasteiger partial charge is 0.339 e. The van der Waals surface area contributed by atoms with Crippen molar-refractivity contribution >= 4 is 40.0 Å². The number of rotatable bonds is 4. The molecule has 26 heavy (non-hydrogen) atoms. The first-order chi connectivity index (χ1) is 12.6. The van der Waals surface area contributed by atoms with Crippen molar-refractivity contribution in [3.8, 4) is 5.69 Å². The number of para-hydroxylation sites is 1. The van der Waals surface area contributed by atoms with Gasteiger partial charge in [-0.2, -0.15) is 5.10 Å². The number of anilines is 2. The third-order valence-electron chi connectivity index (χ3n) is 3.92. The van der Waals surface area contributed by atoms with Crippen molar-refractivity contribution in [1.29, 1.82) is 0 Å². The first kappa shape index (κ1) is 16.1. The lowest BCUT2D eigenvalue weighted by Gasteiger charge is -2.11. The Kier molecular flexibility index (Phi) is 4.02. The normalized spacial score (nSPS) is 10.8. The van der Waals surface area contributed by atoms with Gasteiger partial charge < -0.3 is 10.4 Å². The van der Waals surface area contributed by atoms with Crippen molar-refractivity contribution in [1.82, 2.24) is 14.8 Å². The second kappa shape index (κ2) is 6.50. The van der Waals surface area contributed by atoms with E-state index in [1.165, 1.54) is 6.20 Å². The number of halogens is 1. The van der Waals surface area contributed by atoms with Crippen LogP contribution in [0.5, 0.6) is 0 Å². The topological polar surface area (TPSA) is 80.0 Å². The molecule has 0 atom stereocenters. The predicted octanol–water partition coefficient (Wildman–Crippen LogP) is 4.52. The third kappa shape index (κ3) is 2.87. The molecule has 7 heteroatoms. The number of nitrogens with one attached hydrogen (secondary N) is 1. The van der Waals surface area contributed by atoms with Crippen molar-refractivity contribution in [3.63, 3.8) is 0 Å². The van der Waals surface area contributed by atoms with Crippen LogP contribution in [0.25, 0.3) is 16.7 Å². The van der Waals surface area contributed by atoms with E-state index in [0.717, 1.165) is 11.4 Å². The van der Waals surface area contributed by atoms with Gasteiger partial charge in [0.1, 0.15) is 5.56 Å². The fraction of sp³-hybridized carbons (Fsp3) is 0. The molecule has 0 saturated carbocycles. The molecule has 2 aromatic heterocycles. The lowest BCUT2D eigenvalue weighted by atomic mass is 10.1. The number of fused-ring (bicyclic) bond motifs is 1. The Morgan fingerprint density at radius 3 is 2.62 bits per heavy atom. The van der Waals surface area contributed by atoms with Crippen LogP contribution in [0.4, 0.5) is 11.4 Å². The minimum Gasteiger partial charge on any atom is -0.478 e. The molecule has 0 aliphatic carbocycles. The molecule has 0 fully saturated rings. The predicted molar refractivity (Wildman–Crippen MR) is 101 cm³/mol. The van der Waals surface area contributed by atoms with Crippen LogP contribution in [0.2, 0.25) is 5.02 Å². The molecule has 0 aliphatic rings. The van der Waals surface area contributed by atoms with Crippen molar-refractivity contribution in [3.05, 3.63) is 77.6 Å². The lowest BCUT2D eigenvalue weighted by Crippen LogP contribution is -2.05. The molecule has 0 radical (unpaired) electrons. The number of hydrogen-bond donors (Lipinski definition) is 2. The third-order valence-corrected chi connectivity index (χ3v) is 4.16. The molecule has 2 aromatic carbocycles. The zero-order chi connectivity index (χ0) is 18.1. The van der Waals surface area contributed by atoms with Gasteiger partial charge in [0.05, 0.1) is 23.0 Å². The van der Waals surface area contributed by atoms with Gasteiger partial charge in [-0.3, -0.25) is 0 Å². The molecule has 0 amide bonds. The Morgan fingerprint density at radius 1 is 1.08 bits per heavy atom. The highest BCUT2D eigenvalue weighted by Gasteiger charge is 2.18. The summed E-state index contributed by atoms with van der Waals surface area (Å²) in [6.07, 6.45) is 2.93. The van der Waals surface area contributed by atoms with Gasteiger partial charge in [-0.1, -0.05) is 35.9 Å². The van der Waals surface area contributed by atoms with Gasteiger partial charge in [-0.05, 0) is 30.3 Å². The molecule has 4 rings (SSSR count). The molecule has 0 aliphatic heterocycles. The highest BCUT2D eigenvalue weighted by molar-refractivity contribution is 6.30. The number of carboxylic acids is 1.